The van der Waals surface area contributed by atoms with E-state index in [1.165, 1.54) is 37.0 Å². The monoisotopic (exact) mass is 348 g/mol. The molecule has 0 aliphatic carbocycles. The molecule has 2 N–H and O–H groups in total. The van der Waals surface area contributed by atoms with E-state index in [0.29, 0.717) is 17.2 Å². The van der Waals surface area contributed by atoms with Crippen LogP contribution in [0.15, 0.2) is 0 Å². The molecule has 24 heavy (non-hydrogen) atoms. The van der Waals surface area contributed by atoms with E-state index in [-0.39, 0.29) is 5.97 Å². The summed E-state index contributed by atoms with van der Waals surface area (Å²) < 4.78 is 5.41. The summed E-state index contributed by atoms with van der Waals surface area (Å²) in [5.41, 5.74) is 9.93. The first-order chi connectivity index (χ1) is 11.5. The fraction of sp³-hybridized carbons (Fsp3) is 0.579. The molecule has 0 amide bonds. The third kappa shape index (κ3) is 4.07. The molecule has 2 heterocycles. The van der Waals surface area contributed by atoms with Crippen molar-refractivity contribution in [1.82, 2.24) is 4.98 Å². The number of anilines is 1. The molecule has 2 aromatic heterocycles. The quantitative estimate of drug-likeness (QED) is 0.518. The predicted octanol–water partition coefficient (Wildman–Crippen LogP) is 5.32. The molecule has 0 aliphatic heterocycles. The number of rotatable bonds is 8. The molecule has 0 unspecified atom stereocenters. The van der Waals surface area contributed by atoms with Crippen LogP contribution < -0.4 is 5.73 Å². The van der Waals surface area contributed by atoms with E-state index >= 15 is 0 Å². The van der Waals surface area contributed by atoms with Gasteiger partial charge in [-0.25, -0.2) is 9.78 Å². The Bertz CT molecular complexity index is 722. The number of aromatic nitrogens is 1. The number of pyridine rings is 1. The van der Waals surface area contributed by atoms with Gasteiger partial charge in [-0.3, -0.25) is 0 Å². The fourth-order valence-electron chi connectivity index (χ4n) is 2.83. The Kier molecular flexibility index (Phi) is 6.60. The number of fused-ring (bicyclic) bond motifs is 1. The normalized spacial score (nSPS) is 11.2. The lowest BCUT2D eigenvalue weighted by atomic mass is 10.1. The highest BCUT2D eigenvalue weighted by Crippen LogP contribution is 2.36. The number of ether oxygens (including phenoxy) is 1. The maximum absolute atomic E-state index is 12.3. The summed E-state index contributed by atoms with van der Waals surface area (Å²) in [6.45, 7) is 8.71. The number of hydrogen-bond donors (Lipinski definition) is 1. The molecule has 0 bridgehead atoms. The fourth-order valence-corrected chi connectivity index (χ4v) is 3.93. The minimum Gasteiger partial charge on any atom is -0.461 e. The molecule has 0 atom stereocenters. The van der Waals surface area contributed by atoms with Crippen molar-refractivity contribution in [1.29, 1.82) is 0 Å². The second kappa shape index (κ2) is 8.47. The van der Waals surface area contributed by atoms with Crippen LogP contribution in [0.3, 0.4) is 0 Å². The highest BCUT2D eigenvalue weighted by atomic mass is 32.1. The largest absolute Gasteiger partial charge is 0.461 e. The third-order valence-electron chi connectivity index (χ3n) is 4.59. The van der Waals surface area contributed by atoms with Gasteiger partial charge in [0.05, 0.1) is 12.3 Å². The molecule has 0 aromatic carbocycles. The SMILES string of the molecule is CCCCCCCCOC(=O)c1sc2nc(C)c(C)c(C)c2c1N. The number of carbonyl (C=O) groups is 1. The Morgan fingerprint density at radius 3 is 2.46 bits per heavy atom. The van der Waals surface area contributed by atoms with E-state index in [2.05, 4.69) is 11.9 Å². The highest BCUT2D eigenvalue weighted by molar-refractivity contribution is 7.21. The molecule has 0 radical (unpaired) electrons. The van der Waals surface area contributed by atoms with Crippen LogP contribution in [-0.2, 0) is 4.74 Å². The zero-order chi connectivity index (χ0) is 17.7. The van der Waals surface area contributed by atoms with Gasteiger partial charge in [-0.05, 0) is 38.3 Å². The van der Waals surface area contributed by atoms with Crippen LogP contribution in [0.25, 0.3) is 10.2 Å². The van der Waals surface area contributed by atoms with Gasteiger partial charge in [0.25, 0.3) is 0 Å². The average Bonchev–Trinajstić information content (AvgIpc) is 2.88. The predicted molar refractivity (Wildman–Crippen MR) is 102 cm³/mol. The van der Waals surface area contributed by atoms with E-state index in [0.717, 1.165) is 39.9 Å². The van der Waals surface area contributed by atoms with Crippen LogP contribution >= 0.6 is 11.3 Å². The van der Waals surface area contributed by atoms with Crippen LogP contribution in [0, 0.1) is 20.8 Å². The van der Waals surface area contributed by atoms with E-state index in [9.17, 15) is 4.79 Å². The van der Waals surface area contributed by atoms with Crippen LogP contribution in [0.4, 0.5) is 5.69 Å². The number of thiophene rings is 1. The summed E-state index contributed by atoms with van der Waals surface area (Å²) in [6.07, 6.45) is 7.01. The van der Waals surface area contributed by atoms with Gasteiger partial charge >= 0.3 is 5.97 Å². The van der Waals surface area contributed by atoms with Crippen molar-refractivity contribution in [3.05, 3.63) is 21.7 Å². The number of nitrogens with zero attached hydrogens (tertiary/aromatic N) is 1. The van der Waals surface area contributed by atoms with Crippen molar-refractivity contribution in [2.75, 3.05) is 12.3 Å². The van der Waals surface area contributed by atoms with Gasteiger partial charge in [0, 0.05) is 11.1 Å². The molecule has 132 valence electrons. The first kappa shape index (κ1) is 18.7. The summed E-state index contributed by atoms with van der Waals surface area (Å²) in [7, 11) is 0. The van der Waals surface area contributed by atoms with Crippen molar-refractivity contribution in [2.24, 2.45) is 0 Å². The first-order valence-corrected chi connectivity index (χ1v) is 9.61. The van der Waals surface area contributed by atoms with E-state index in [1.807, 2.05) is 20.8 Å². The lowest BCUT2D eigenvalue weighted by Crippen LogP contribution is -2.07. The van der Waals surface area contributed by atoms with Crippen molar-refractivity contribution < 1.29 is 9.53 Å². The van der Waals surface area contributed by atoms with Crippen LogP contribution in [0.1, 0.15) is 71.9 Å². The zero-order valence-electron chi connectivity index (χ0n) is 15.2. The Hall–Kier alpha value is -1.62. The van der Waals surface area contributed by atoms with Crippen LogP contribution in [0.2, 0.25) is 0 Å². The van der Waals surface area contributed by atoms with Crippen molar-refractivity contribution in [2.45, 2.75) is 66.2 Å². The smallest absolute Gasteiger partial charge is 0.350 e. The Morgan fingerprint density at radius 2 is 1.75 bits per heavy atom. The number of nitrogens with two attached hydrogens (primary N) is 1. The van der Waals surface area contributed by atoms with Gasteiger partial charge in [0.1, 0.15) is 9.71 Å². The average molecular weight is 349 g/mol. The van der Waals surface area contributed by atoms with Crippen molar-refractivity contribution in [3.63, 3.8) is 0 Å². The molecular weight excluding hydrogens is 320 g/mol. The summed E-state index contributed by atoms with van der Waals surface area (Å²) in [5, 5.41) is 0.898. The van der Waals surface area contributed by atoms with Crippen LogP contribution in [-0.4, -0.2) is 17.6 Å². The van der Waals surface area contributed by atoms with Gasteiger partial charge in [-0.1, -0.05) is 39.0 Å². The lowest BCUT2D eigenvalue weighted by molar-refractivity contribution is 0.0504. The Balaban J connectivity index is 2.00. The Morgan fingerprint density at radius 1 is 1.08 bits per heavy atom. The number of esters is 1. The maximum Gasteiger partial charge on any atom is 0.350 e. The topological polar surface area (TPSA) is 65.2 Å². The van der Waals surface area contributed by atoms with Gasteiger partial charge < -0.3 is 10.5 Å². The molecule has 2 aromatic rings. The van der Waals surface area contributed by atoms with Crippen molar-refractivity contribution >= 4 is 33.2 Å². The minimum atomic E-state index is -0.321. The van der Waals surface area contributed by atoms with Gasteiger partial charge in [-0.2, -0.15) is 0 Å². The lowest BCUT2D eigenvalue weighted by Gasteiger charge is -2.06. The molecule has 0 saturated carbocycles. The van der Waals surface area contributed by atoms with E-state index < -0.39 is 0 Å². The summed E-state index contributed by atoms with van der Waals surface area (Å²) in [6, 6.07) is 0. The number of carbonyl (C=O) groups excluding carboxylic acids is 1. The first-order valence-electron chi connectivity index (χ1n) is 8.80. The summed E-state index contributed by atoms with van der Waals surface area (Å²) >= 11 is 1.33. The Labute approximate surface area is 148 Å². The third-order valence-corrected chi connectivity index (χ3v) is 5.67. The van der Waals surface area contributed by atoms with Gasteiger partial charge in [0.2, 0.25) is 0 Å². The minimum absolute atomic E-state index is 0.321. The zero-order valence-corrected chi connectivity index (χ0v) is 16.0. The van der Waals surface area contributed by atoms with Crippen LogP contribution in [0.5, 0.6) is 0 Å². The number of hydrogen-bond acceptors (Lipinski definition) is 5. The summed E-state index contributed by atoms with van der Waals surface area (Å²) in [5.74, 6) is -0.321. The molecule has 0 spiro atoms. The maximum atomic E-state index is 12.3. The van der Waals surface area contributed by atoms with Gasteiger partial charge in [0.15, 0.2) is 0 Å². The van der Waals surface area contributed by atoms with Crippen molar-refractivity contribution in [3.8, 4) is 0 Å². The van der Waals surface area contributed by atoms with E-state index in [1.54, 1.807) is 0 Å². The molecule has 0 saturated heterocycles. The standard InChI is InChI=1S/C19H28N2O2S/c1-5-6-7-8-9-10-11-23-19(22)17-16(20)15-13(3)12(2)14(4)21-18(15)24-17/h5-11,20H2,1-4H3. The molecule has 2 rings (SSSR count). The molecular formula is C19H28N2O2S. The molecule has 5 heteroatoms. The second-order valence-corrected chi connectivity index (χ2v) is 7.37. The molecule has 4 nitrogen and oxygen atoms in total. The number of unbranched alkanes of at least 4 members (excludes halogenated alkanes) is 5. The second-order valence-electron chi connectivity index (χ2n) is 6.38. The summed E-state index contributed by atoms with van der Waals surface area (Å²) in [4.78, 5) is 18.2. The number of aryl methyl sites for hydroxylation is 2. The van der Waals surface area contributed by atoms with Gasteiger partial charge in [-0.15, -0.1) is 11.3 Å². The molecule has 0 aliphatic rings. The highest BCUT2D eigenvalue weighted by Gasteiger charge is 2.21. The number of nitrogen functional groups attached to an aromatic ring is 1. The van der Waals surface area contributed by atoms with E-state index in [4.69, 9.17) is 10.5 Å². The molecule has 0 fully saturated rings.